The van der Waals surface area contributed by atoms with Crippen LogP contribution in [-0.4, -0.2) is 29.6 Å². The topological polar surface area (TPSA) is 54.2 Å². The lowest BCUT2D eigenvalue weighted by atomic mass is 10.1. The average Bonchev–Trinajstić information content (AvgIpc) is 2.86. The van der Waals surface area contributed by atoms with Gasteiger partial charge in [-0.15, -0.1) is 24.0 Å². The number of imidazole rings is 1. The zero-order chi connectivity index (χ0) is 14.4. The van der Waals surface area contributed by atoms with E-state index in [2.05, 4.69) is 49.4 Å². The van der Waals surface area contributed by atoms with Crippen molar-refractivity contribution in [3.05, 3.63) is 53.6 Å². The molecule has 0 amide bonds. The smallest absolute Gasteiger partial charge is 0.190 e. The Hall–Kier alpha value is -1.57. The Kier molecular flexibility index (Phi) is 7.21. The number of hydrogen-bond acceptors (Lipinski definition) is 2. The van der Waals surface area contributed by atoms with E-state index in [9.17, 15) is 0 Å². The van der Waals surface area contributed by atoms with Crippen LogP contribution in [0, 0.1) is 6.92 Å². The second-order valence-corrected chi connectivity index (χ2v) is 4.60. The van der Waals surface area contributed by atoms with Gasteiger partial charge in [-0.1, -0.05) is 24.3 Å². The van der Waals surface area contributed by atoms with E-state index in [1.165, 1.54) is 11.1 Å². The highest BCUT2D eigenvalue weighted by atomic mass is 127. The van der Waals surface area contributed by atoms with Gasteiger partial charge in [0.25, 0.3) is 0 Å². The van der Waals surface area contributed by atoms with Gasteiger partial charge in [0.15, 0.2) is 5.96 Å². The number of nitrogens with one attached hydrogen (secondary N) is 2. The van der Waals surface area contributed by atoms with Crippen molar-refractivity contribution < 1.29 is 0 Å². The number of benzene rings is 1. The van der Waals surface area contributed by atoms with Crippen LogP contribution >= 0.6 is 24.0 Å². The van der Waals surface area contributed by atoms with Crippen LogP contribution in [0.3, 0.4) is 0 Å². The molecule has 0 aliphatic heterocycles. The summed E-state index contributed by atoms with van der Waals surface area (Å²) in [4.78, 5) is 8.34. The van der Waals surface area contributed by atoms with E-state index in [0.717, 1.165) is 24.9 Å². The third-order valence-electron chi connectivity index (χ3n) is 3.19. The van der Waals surface area contributed by atoms with Crippen LogP contribution < -0.4 is 10.6 Å². The SMILES string of the molecule is CN=C(NC)NCc1cccc(Cn2ccnc2C)c1.I. The maximum Gasteiger partial charge on any atom is 0.190 e. The van der Waals surface area contributed by atoms with Crippen molar-refractivity contribution in [1.29, 1.82) is 0 Å². The van der Waals surface area contributed by atoms with E-state index >= 15 is 0 Å². The van der Waals surface area contributed by atoms with Crippen LogP contribution in [-0.2, 0) is 13.1 Å². The van der Waals surface area contributed by atoms with E-state index in [1.54, 1.807) is 7.05 Å². The highest BCUT2D eigenvalue weighted by Crippen LogP contribution is 2.08. The zero-order valence-electron chi connectivity index (χ0n) is 12.6. The van der Waals surface area contributed by atoms with Crippen molar-refractivity contribution in [2.24, 2.45) is 4.99 Å². The van der Waals surface area contributed by atoms with Crippen molar-refractivity contribution >= 4 is 29.9 Å². The minimum atomic E-state index is 0. The molecule has 2 rings (SSSR count). The number of aliphatic imine (C=N–C) groups is 1. The summed E-state index contributed by atoms with van der Waals surface area (Å²) in [5.74, 6) is 1.82. The van der Waals surface area contributed by atoms with Gasteiger partial charge in [-0.2, -0.15) is 0 Å². The second-order valence-electron chi connectivity index (χ2n) is 4.60. The maximum absolute atomic E-state index is 4.24. The molecule has 114 valence electrons. The fourth-order valence-electron chi connectivity index (χ4n) is 2.07. The van der Waals surface area contributed by atoms with Gasteiger partial charge in [0.1, 0.15) is 5.82 Å². The molecule has 5 nitrogen and oxygen atoms in total. The third-order valence-corrected chi connectivity index (χ3v) is 3.19. The Morgan fingerprint density at radius 3 is 2.71 bits per heavy atom. The summed E-state index contributed by atoms with van der Waals surface area (Å²) >= 11 is 0. The fraction of sp³-hybridized carbons (Fsp3) is 0.333. The molecule has 0 radical (unpaired) electrons. The fourth-order valence-corrected chi connectivity index (χ4v) is 2.07. The number of guanidine groups is 1. The molecule has 6 heteroatoms. The van der Waals surface area contributed by atoms with Crippen molar-refractivity contribution in [3.63, 3.8) is 0 Å². The predicted octanol–water partition coefficient (Wildman–Crippen LogP) is 2.15. The second kappa shape index (κ2) is 8.66. The summed E-state index contributed by atoms with van der Waals surface area (Å²) in [6.45, 7) is 3.62. The lowest BCUT2D eigenvalue weighted by Gasteiger charge is -2.10. The van der Waals surface area contributed by atoms with Gasteiger partial charge in [0.2, 0.25) is 0 Å². The molecule has 1 aromatic carbocycles. The Labute approximate surface area is 142 Å². The van der Waals surface area contributed by atoms with Gasteiger partial charge in [-0.05, 0) is 18.1 Å². The summed E-state index contributed by atoms with van der Waals surface area (Å²) in [5.41, 5.74) is 2.50. The first-order valence-electron chi connectivity index (χ1n) is 6.67. The molecule has 0 bridgehead atoms. The molecule has 2 N–H and O–H groups in total. The predicted molar refractivity (Wildman–Crippen MR) is 97.2 cm³/mol. The van der Waals surface area contributed by atoms with E-state index in [-0.39, 0.29) is 24.0 Å². The van der Waals surface area contributed by atoms with Gasteiger partial charge in [-0.3, -0.25) is 4.99 Å². The first-order valence-corrected chi connectivity index (χ1v) is 6.67. The molecule has 0 saturated heterocycles. The summed E-state index contributed by atoms with van der Waals surface area (Å²) in [6, 6.07) is 8.53. The highest BCUT2D eigenvalue weighted by Gasteiger charge is 2.01. The van der Waals surface area contributed by atoms with Crippen LogP contribution in [0.25, 0.3) is 0 Å². The number of aromatic nitrogens is 2. The minimum Gasteiger partial charge on any atom is -0.359 e. The van der Waals surface area contributed by atoms with Crippen molar-refractivity contribution in [2.75, 3.05) is 14.1 Å². The molecular formula is C15H22IN5. The van der Waals surface area contributed by atoms with Gasteiger partial charge in [-0.25, -0.2) is 4.98 Å². The van der Waals surface area contributed by atoms with Crippen LogP contribution in [0.5, 0.6) is 0 Å². The minimum absolute atomic E-state index is 0. The molecule has 0 atom stereocenters. The molecule has 0 spiro atoms. The third kappa shape index (κ3) is 5.04. The van der Waals surface area contributed by atoms with Gasteiger partial charge in [0.05, 0.1) is 0 Å². The van der Waals surface area contributed by atoms with E-state index < -0.39 is 0 Å². The summed E-state index contributed by atoms with van der Waals surface area (Å²) in [7, 11) is 3.62. The largest absolute Gasteiger partial charge is 0.359 e. The molecule has 1 heterocycles. The van der Waals surface area contributed by atoms with Crippen molar-refractivity contribution in [2.45, 2.75) is 20.0 Å². The Morgan fingerprint density at radius 2 is 2.10 bits per heavy atom. The zero-order valence-corrected chi connectivity index (χ0v) is 15.0. The van der Waals surface area contributed by atoms with E-state index in [1.807, 2.05) is 26.4 Å². The van der Waals surface area contributed by atoms with Crippen LogP contribution in [0.15, 0.2) is 41.7 Å². The lowest BCUT2D eigenvalue weighted by Crippen LogP contribution is -2.34. The molecule has 0 fully saturated rings. The molecule has 2 aromatic rings. The Bertz CT molecular complexity index is 591. The summed E-state index contributed by atoms with van der Waals surface area (Å²) in [5, 5.41) is 6.26. The normalized spacial score (nSPS) is 10.9. The van der Waals surface area contributed by atoms with E-state index in [4.69, 9.17) is 0 Å². The number of nitrogens with zero attached hydrogens (tertiary/aromatic N) is 3. The molecule has 21 heavy (non-hydrogen) atoms. The molecule has 0 aliphatic carbocycles. The number of aryl methyl sites for hydroxylation is 1. The molecule has 0 unspecified atom stereocenters. The molecular weight excluding hydrogens is 377 g/mol. The molecule has 0 aliphatic rings. The average molecular weight is 399 g/mol. The van der Waals surface area contributed by atoms with Crippen LogP contribution in [0.2, 0.25) is 0 Å². The van der Waals surface area contributed by atoms with Gasteiger partial charge >= 0.3 is 0 Å². The van der Waals surface area contributed by atoms with Crippen molar-refractivity contribution in [3.8, 4) is 0 Å². The maximum atomic E-state index is 4.24. The lowest BCUT2D eigenvalue weighted by molar-refractivity contribution is 0.759. The monoisotopic (exact) mass is 399 g/mol. The number of halogens is 1. The van der Waals surface area contributed by atoms with Gasteiger partial charge < -0.3 is 15.2 Å². The number of rotatable bonds is 4. The van der Waals surface area contributed by atoms with Crippen LogP contribution in [0.1, 0.15) is 17.0 Å². The molecule has 0 saturated carbocycles. The Balaban J connectivity index is 0.00000220. The highest BCUT2D eigenvalue weighted by molar-refractivity contribution is 14.0. The number of hydrogen-bond donors (Lipinski definition) is 2. The van der Waals surface area contributed by atoms with Crippen molar-refractivity contribution in [1.82, 2.24) is 20.2 Å². The first-order chi connectivity index (χ1) is 9.72. The Morgan fingerprint density at radius 1 is 1.33 bits per heavy atom. The first kappa shape index (κ1) is 17.5. The summed E-state index contributed by atoms with van der Waals surface area (Å²) in [6.07, 6.45) is 3.83. The van der Waals surface area contributed by atoms with E-state index in [0.29, 0.717) is 0 Å². The van der Waals surface area contributed by atoms with Crippen LogP contribution in [0.4, 0.5) is 0 Å². The standard InChI is InChI=1S/C15H21N5.HI/c1-12-18-7-8-20(12)11-14-6-4-5-13(9-14)10-19-15(16-2)17-3;/h4-9H,10-11H2,1-3H3,(H2,16,17,19);1H. The molecule has 1 aromatic heterocycles. The summed E-state index contributed by atoms with van der Waals surface area (Å²) < 4.78 is 2.14. The quantitative estimate of drug-likeness (QED) is 0.471. The van der Waals surface area contributed by atoms with Gasteiger partial charge in [0, 0.05) is 39.6 Å².